The van der Waals surface area contributed by atoms with Crippen LogP contribution in [-0.4, -0.2) is 12.1 Å². The lowest BCUT2D eigenvalue weighted by Crippen LogP contribution is -2.29. The van der Waals surface area contributed by atoms with E-state index in [1.54, 1.807) is 18.2 Å². The summed E-state index contributed by atoms with van der Waals surface area (Å²) >= 11 is 5.77. The molecule has 0 amide bonds. The van der Waals surface area contributed by atoms with Crippen LogP contribution in [0.2, 0.25) is 5.02 Å². The maximum absolute atomic E-state index is 8.87. The second-order valence-corrected chi connectivity index (χ2v) is 4.34. The smallest absolute Gasteiger partial charge is 0.137 e. The molecule has 0 spiro atoms. The van der Waals surface area contributed by atoms with Crippen molar-refractivity contribution in [1.82, 2.24) is 0 Å². The SMILES string of the molecule is Cl.N#Cc1cc(Cl)ccc1OCC1(N)CC1. The Hall–Kier alpha value is -0.950. The van der Waals surface area contributed by atoms with E-state index in [0.717, 1.165) is 12.8 Å². The molecular weight excluding hydrogens is 247 g/mol. The number of benzene rings is 1. The largest absolute Gasteiger partial charge is 0.490 e. The summed E-state index contributed by atoms with van der Waals surface area (Å²) in [5.41, 5.74) is 6.16. The molecule has 86 valence electrons. The summed E-state index contributed by atoms with van der Waals surface area (Å²) in [5.74, 6) is 0.554. The third-order valence-electron chi connectivity index (χ3n) is 2.47. The average molecular weight is 259 g/mol. The molecule has 5 heteroatoms. The summed E-state index contributed by atoms with van der Waals surface area (Å²) in [4.78, 5) is 0. The standard InChI is InChI=1S/C11H11ClN2O.ClH/c12-9-1-2-10(8(5-9)6-13)15-7-11(14)3-4-11;/h1-2,5H,3-4,7,14H2;1H. The third-order valence-corrected chi connectivity index (χ3v) is 2.70. The van der Waals surface area contributed by atoms with Crippen molar-refractivity contribution < 1.29 is 4.74 Å². The zero-order valence-corrected chi connectivity index (χ0v) is 10.1. The van der Waals surface area contributed by atoms with E-state index in [-0.39, 0.29) is 17.9 Å². The average Bonchev–Trinajstić information content (AvgIpc) is 2.95. The zero-order chi connectivity index (χ0) is 10.9. The number of nitrogens with two attached hydrogens (primary N) is 1. The Bertz CT molecular complexity index is 424. The van der Waals surface area contributed by atoms with E-state index in [0.29, 0.717) is 22.9 Å². The molecule has 0 heterocycles. The van der Waals surface area contributed by atoms with Crippen molar-refractivity contribution in [3.8, 4) is 11.8 Å². The molecule has 0 aromatic heterocycles. The number of halogens is 2. The van der Waals surface area contributed by atoms with Crippen molar-refractivity contribution in [2.45, 2.75) is 18.4 Å². The van der Waals surface area contributed by atoms with Crippen LogP contribution in [0.1, 0.15) is 18.4 Å². The van der Waals surface area contributed by atoms with Crippen molar-refractivity contribution in [3.63, 3.8) is 0 Å². The molecule has 3 nitrogen and oxygen atoms in total. The Labute approximate surface area is 106 Å². The maximum Gasteiger partial charge on any atom is 0.137 e. The van der Waals surface area contributed by atoms with Crippen molar-refractivity contribution in [3.05, 3.63) is 28.8 Å². The van der Waals surface area contributed by atoms with Gasteiger partial charge in [-0.3, -0.25) is 0 Å². The van der Waals surface area contributed by atoms with Crippen LogP contribution in [0.15, 0.2) is 18.2 Å². The fourth-order valence-corrected chi connectivity index (χ4v) is 1.41. The topological polar surface area (TPSA) is 59.0 Å². The van der Waals surface area contributed by atoms with Gasteiger partial charge < -0.3 is 10.5 Å². The highest BCUT2D eigenvalue weighted by atomic mass is 35.5. The first-order valence-electron chi connectivity index (χ1n) is 4.74. The lowest BCUT2D eigenvalue weighted by atomic mass is 10.2. The van der Waals surface area contributed by atoms with Gasteiger partial charge in [-0.25, -0.2) is 0 Å². The number of rotatable bonds is 3. The molecule has 2 N–H and O–H groups in total. The molecule has 1 saturated carbocycles. The number of hydrogen-bond acceptors (Lipinski definition) is 3. The van der Waals surface area contributed by atoms with Gasteiger partial charge in [0.2, 0.25) is 0 Å². The van der Waals surface area contributed by atoms with Crippen LogP contribution in [0.5, 0.6) is 5.75 Å². The van der Waals surface area contributed by atoms with Crippen LogP contribution in [0.3, 0.4) is 0 Å². The van der Waals surface area contributed by atoms with Gasteiger partial charge >= 0.3 is 0 Å². The summed E-state index contributed by atoms with van der Waals surface area (Å²) in [6, 6.07) is 7.04. The zero-order valence-electron chi connectivity index (χ0n) is 8.57. The van der Waals surface area contributed by atoms with Crippen molar-refractivity contribution >= 4 is 24.0 Å². The highest BCUT2D eigenvalue weighted by Crippen LogP contribution is 2.33. The first-order valence-corrected chi connectivity index (χ1v) is 5.12. The minimum atomic E-state index is -0.174. The van der Waals surface area contributed by atoms with Gasteiger partial charge in [0.1, 0.15) is 18.4 Å². The Balaban J connectivity index is 0.00000128. The van der Waals surface area contributed by atoms with Gasteiger partial charge in [0.05, 0.1) is 11.1 Å². The number of nitrogens with zero attached hydrogens (tertiary/aromatic N) is 1. The Morgan fingerprint density at radius 2 is 2.19 bits per heavy atom. The van der Waals surface area contributed by atoms with Crippen molar-refractivity contribution in [2.75, 3.05) is 6.61 Å². The van der Waals surface area contributed by atoms with E-state index in [1.807, 2.05) is 6.07 Å². The summed E-state index contributed by atoms with van der Waals surface area (Å²) in [6.07, 6.45) is 1.98. The fraction of sp³-hybridized carbons (Fsp3) is 0.364. The quantitative estimate of drug-likeness (QED) is 0.907. The fourth-order valence-electron chi connectivity index (χ4n) is 1.24. The van der Waals surface area contributed by atoms with Crippen molar-refractivity contribution in [2.24, 2.45) is 5.73 Å². The van der Waals surface area contributed by atoms with Gasteiger partial charge in [0, 0.05) is 5.02 Å². The predicted molar refractivity (Wildman–Crippen MR) is 65.1 cm³/mol. The monoisotopic (exact) mass is 258 g/mol. The van der Waals surface area contributed by atoms with Crippen LogP contribution in [0.4, 0.5) is 0 Å². The molecule has 0 radical (unpaired) electrons. The van der Waals surface area contributed by atoms with Gasteiger partial charge in [0.15, 0.2) is 0 Å². The van der Waals surface area contributed by atoms with Crippen molar-refractivity contribution in [1.29, 1.82) is 5.26 Å². The lowest BCUT2D eigenvalue weighted by Gasteiger charge is -2.12. The molecule has 0 saturated heterocycles. The molecule has 0 bridgehead atoms. The molecule has 0 aliphatic heterocycles. The first kappa shape index (κ1) is 13.1. The molecule has 1 aromatic carbocycles. The maximum atomic E-state index is 8.87. The second-order valence-electron chi connectivity index (χ2n) is 3.90. The summed E-state index contributed by atoms with van der Waals surface area (Å²) in [6.45, 7) is 0.462. The minimum Gasteiger partial charge on any atom is -0.490 e. The van der Waals surface area contributed by atoms with E-state index in [2.05, 4.69) is 0 Å². The van der Waals surface area contributed by atoms with Crippen LogP contribution in [0.25, 0.3) is 0 Å². The number of hydrogen-bond donors (Lipinski definition) is 1. The second kappa shape index (κ2) is 4.92. The highest BCUT2D eigenvalue weighted by molar-refractivity contribution is 6.30. The summed E-state index contributed by atoms with van der Waals surface area (Å²) in [5, 5.41) is 9.40. The molecule has 0 unspecified atom stereocenters. The number of ether oxygens (including phenoxy) is 1. The van der Waals surface area contributed by atoms with Crippen LogP contribution in [0, 0.1) is 11.3 Å². The normalized spacial score (nSPS) is 15.8. The molecule has 1 aliphatic rings. The van der Waals surface area contributed by atoms with Gasteiger partial charge in [-0.2, -0.15) is 5.26 Å². The van der Waals surface area contributed by atoms with E-state index < -0.39 is 0 Å². The van der Waals surface area contributed by atoms with Crippen LogP contribution in [-0.2, 0) is 0 Å². The van der Waals surface area contributed by atoms with Gasteiger partial charge in [0.25, 0.3) is 0 Å². The van der Waals surface area contributed by atoms with Gasteiger partial charge in [-0.1, -0.05) is 11.6 Å². The van der Waals surface area contributed by atoms with Crippen LogP contribution >= 0.6 is 24.0 Å². The predicted octanol–water partition coefficient (Wildman–Crippen LogP) is 2.50. The Morgan fingerprint density at radius 1 is 1.50 bits per heavy atom. The lowest BCUT2D eigenvalue weighted by molar-refractivity contribution is 0.279. The van der Waals surface area contributed by atoms with Gasteiger partial charge in [-0.15, -0.1) is 12.4 Å². The highest BCUT2D eigenvalue weighted by Gasteiger charge is 2.39. The van der Waals surface area contributed by atoms with E-state index in [9.17, 15) is 0 Å². The minimum absolute atomic E-state index is 0. The molecule has 1 fully saturated rings. The Kier molecular flexibility index (Phi) is 4.03. The van der Waals surface area contributed by atoms with E-state index in [1.165, 1.54) is 0 Å². The molecule has 2 rings (SSSR count). The molecule has 0 atom stereocenters. The van der Waals surface area contributed by atoms with Gasteiger partial charge in [-0.05, 0) is 31.0 Å². The molecule has 1 aliphatic carbocycles. The summed E-state index contributed by atoms with van der Waals surface area (Å²) < 4.78 is 5.50. The van der Waals surface area contributed by atoms with E-state index >= 15 is 0 Å². The number of nitriles is 1. The Morgan fingerprint density at radius 3 is 2.75 bits per heavy atom. The van der Waals surface area contributed by atoms with E-state index in [4.69, 9.17) is 27.3 Å². The van der Waals surface area contributed by atoms with Crippen LogP contribution < -0.4 is 10.5 Å². The molecule has 16 heavy (non-hydrogen) atoms. The first-order chi connectivity index (χ1) is 7.13. The third kappa shape index (κ3) is 3.02. The molecular formula is C11H12Cl2N2O. The summed E-state index contributed by atoms with van der Waals surface area (Å²) in [7, 11) is 0. The molecule has 1 aromatic rings.